The van der Waals surface area contributed by atoms with Crippen LogP contribution in [0.4, 0.5) is 4.79 Å². The van der Waals surface area contributed by atoms with Crippen molar-refractivity contribution >= 4 is 6.09 Å². The molecule has 1 N–H and O–H groups in total. The van der Waals surface area contributed by atoms with Gasteiger partial charge in [0.25, 0.3) is 0 Å². The summed E-state index contributed by atoms with van der Waals surface area (Å²) >= 11 is 0. The first kappa shape index (κ1) is 20.3. The summed E-state index contributed by atoms with van der Waals surface area (Å²) < 4.78 is 5.41. The van der Waals surface area contributed by atoms with Gasteiger partial charge in [-0.2, -0.15) is 10.5 Å². The fourth-order valence-electron chi connectivity index (χ4n) is 3.17. The van der Waals surface area contributed by atoms with Crippen molar-refractivity contribution in [3.8, 4) is 12.1 Å². The molecule has 0 saturated carbocycles. The van der Waals surface area contributed by atoms with Gasteiger partial charge in [0.05, 0.1) is 11.7 Å². The number of benzene rings is 1. The Hall–Kier alpha value is -2.99. The molecule has 1 aromatic carbocycles. The normalized spacial score (nSPS) is 14.6. The number of ether oxygens (including phenoxy) is 1. The van der Waals surface area contributed by atoms with Gasteiger partial charge in [0.2, 0.25) is 0 Å². The molecule has 6 nitrogen and oxygen atoms in total. The van der Waals surface area contributed by atoms with Crippen molar-refractivity contribution in [3.05, 3.63) is 47.2 Å². The Morgan fingerprint density at radius 1 is 1.19 bits per heavy atom. The topological polar surface area (TPSA) is 89.1 Å². The molecule has 0 unspecified atom stereocenters. The fraction of sp³-hybridized carbons (Fsp3) is 0.476. The first-order valence-electron chi connectivity index (χ1n) is 9.17. The van der Waals surface area contributed by atoms with Gasteiger partial charge in [-0.15, -0.1) is 0 Å². The van der Waals surface area contributed by atoms with Crippen molar-refractivity contribution in [1.82, 2.24) is 10.2 Å². The summed E-state index contributed by atoms with van der Waals surface area (Å²) in [5.74, 6) is 0. The van der Waals surface area contributed by atoms with Crippen LogP contribution in [0.15, 0.2) is 41.6 Å². The number of amides is 1. The summed E-state index contributed by atoms with van der Waals surface area (Å²) in [6.45, 7) is 6.93. The summed E-state index contributed by atoms with van der Waals surface area (Å²) in [4.78, 5) is 14.5. The Labute approximate surface area is 161 Å². The predicted molar refractivity (Wildman–Crippen MR) is 102 cm³/mol. The van der Waals surface area contributed by atoms with Crippen LogP contribution in [0.3, 0.4) is 0 Å². The third-order valence-electron chi connectivity index (χ3n) is 4.23. The number of nitrogens with one attached hydrogen (secondary N) is 1. The SMILES string of the molecule is CC(C)(C)OC(=O)N[C@@H](Cc1ccccc1)C(=C(C#N)C#N)N1CCCC1. The van der Waals surface area contributed by atoms with Gasteiger partial charge in [-0.05, 0) is 45.6 Å². The molecule has 0 aromatic heterocycles. The second-order valence-corrected chi connectivity index (χ2v) is 7.57. The van der Waals surface area contributed by atoms with Crippen LogP contribution in [0.5, 0.6) is 0 Å². The maximum atomic E-state index is 12.4. The number of alkyl carbamates (subject to hydrolysis) is 1. The summed E-state index contributed by atoms with van der Waals surface area (Å²) in [7, 11) is 0. The number of nitriles is 2. The first-order chi connectivity index (χ1) is 12.8. The van der Waals surface area contributed by atoms with Gasteiger partial charge in [0, 0.05) is 13.1 Å². The molecule has 1 atom stereocenters. The lowest BCUT2D eigenvalue weighted by Gasteiger charge is -2.30. The molecule has 1 fully saturated rings. The van der Waals surface area contributed by atoms with E-state index < -0.39 is 17.7 Å². The quantitative estimate of drug-likeness (QED) is 0.805. The molecule has 2 rings (SSSR count). The number of rotatable bonds is 5. The number of allylic oxidation sites excluding steroid dienone is 1. The Morgan fingerprint density at radius 3 is 2.30 bits per heavy atom. The summed E-state index contributed by atoms with van der Waals surface area (Å²) in [6, 6.07) is 13.2. The summed E-state index contributed by atoms with van der Waals surface area (Å²) in [5.41, 5.74) is 0.984. The Balaban J connectivity index is 2.38. The molecule has 6 heteroatoms. The minimum atomic E-state index is -0.633. The summed E-state index contributed by atoms with van der Waals surface area (Å²) in [5, 5.41) is 21.9. The van der Waals surface area contributed by atoms with Crippen molar-refractivity contribution in [2.24, 2.45) is 0 Å². The molecular formula is C21H26N4O2. The molecule has 0 radical (unpaired) electrons. The number of carbonyl (C=O) groups is 1. The summed E-state index contributed by atoms with van der Waals surface area (Å²) in [6.07, 6.45) is 1.91. The van der Waals surface area contributed by atoms with E-state index in [0.29, 0.717) is 12.1 Å². The van der Waals surface area contributed by atoms with Gasteiger partial charge in [0.1, 0.15) is 17.7 Å². The zero-order valence-electron chi connectivity index (χ0n) is 16.2. The molecule has 1 aliphatic heterocycles. The number of hydrogen-bond donors (Lipinski definition) is 1. The minimum absolute atomic E-state index is 0.0360. The van der Waals surface area contributed by atoms with Gasteiger partial charge >= 0.3 is 6.09 Å². The van der Waals surface area contributed by atoms with Crippen molar-refractivity contribution in [3.63, 3.8) is 0 Å². The highest BCUT2D eigenvalue weighted by molar-refractivity contribution is 5.69. The van der Waals surface area contributed by atoms with E-state index in [2.05, 4.69) is 5.32 Å². The molecule has 1 aromatic rings. The Kier molecular flexibility index (Phi) is 6.85. The molecule has 1 heterocycles. The third kappa shape index (κ3) is 6.04. The third-order valence-corrected chi connectivity index (χ3v) is 4.23. The van der Waals surface area contributed by atoms with E-state index in [4.69, 9.17) is 4.74 Å². The molecule has 0 aliphatic carbocycles. The zero-order valence-corrected chi connectivity index (χ0v) is 16.2. The maximum Gasteiger partial charge on any atom is 0.408 e. The van der Waals surface area contributed by atoms with E-state index in [9.17, 15) is 15.3 Å². The number of carbonyl (C=O) groups excluding carboxylic acids is 1. The lowest BCUT2D eigenvalue weighted by molar-refractivity contribution is 0.0506. The van der Waals surface area contributed by atoms with E-state index in [1.54, 1.807) is 20.8 Å². The number of likely N-dealkylation sites (tertiary alicyclic amines) is 1. The van der Waals surface area contributed by atoms with Crippen LogP contribution >= 0.6 is 0 Å². The minimum Gasteiger partial charge on any atom is -0.444 e. The van der Waals surface area contributed by atoms with Crippen molar-refractivity contribution in [2.45, 2.75) is 51.7 Å². The average Bonchev–Trinajstić information content (AvgIpc) is 3.12. The van der Waals surface area contributed by atoms with E-state index in [1.165, 1.54) is 0 Å². The highest BCUT2D eigenvalue weighted by atomic mass is 16.6. The van der Waals surface area contributed by atoms with Crippen LogP contribution < -0.4 is 5.32 Å². The predicted octanol–water partition coefficient (Wildman–Crippen LogP) is 3.52. The Morgan fingerprint density at radius 2 is 1.78 bits per heavy atom. The molecule has 1 saturated heterocycles. The fourth-order valence-corrected chi connectivity index (χ4v) is 3.17. The number of hydrogen-bond acceptors (Lipinski definition) is 5. The van der Waals surface area contributed by atoms with Gasteiger partial charge in [-0.3, -0.25) is 0 Å². The molecule has 1 aliphatic rings. The van der Waals surface area contributed by atoms with Crippen LogP contribution in [0, 0.1) is 22.7 Å². The largest absolute Gasteiger partial charge is 0.444 e. The average molecular weight is 366 g/mol. The second kappa shape index (κ2) is 9.09. The first-order valence-corrected chi connectivity index (χ1v) is 9.17. The number of nitrogens with zero attached hydrogens (tertiary/aromatic N) is 3. The maximum absolute atomic E-state index is 12.4. The molecule has 1 amide bonds. The Bertz CT molecular complexity index is 744. The molecular weight excluding hydrogens is 340 g/mol. The van der Waals surface area contributed by atoms with Crippen LogP contribution in [0.2, 0.25) is 0 Å². The van der Waals surface area contributed by atoms with E-state index in [-0.39, 0.29) is 5.57 Å². The van der Waals surface area contributed by atoms with Gasteiger partial charge in [-0.25, -0.2) is 4.79 Å². The van der Waals surface area contributed by atoms with Crippen LogP contribution in [0.1, 0.15) is 39.2 Å². The molecule has 142 valence electrons. The van der Waals surface area contributed by atoms with Crippen LogP contribution in [-0.2, 0) is 11.2 Å². The molecule has 27 heavy (non-hydrogen) atoms. The van der Waals surface area contributed by atoms with E-state index >= 15 is 0 Å². The molecule has 0 spiro atoms. The lowest BCUT2D eigenvalue weighted by atomic mass is 9.99. The highest BCUT2D eigenvalue weighted by Crippen LogP contribution is 2.23. The van der Waals surface area contributed by atoms with Crippen molar-refractivity contribution in [2.75, 3.05) is 13.1 Å². The van der Waals surface area contributed by atoms with Gasteiger partial charge in [-0.1, -0.05) is 30.3 Å². The van der Waals surface area contributed by atoms with Crippen molar-refractivity contribution < 1.29 is 9.53 Å². The van der Waals surface area contributed by atoms with Gasteiger partial charge in [0.15, 0.2) is 5.57 Å². The lowest BCUT2D eigenvalue weighted by Crippen LogP contribution is -2.45. The smallest absolute Gasteiger partial charge is 0.408 e. The standard InChI is InChI=1S/C21H26N4O2/c1-21(2,3)27-20(26)24-18(13-16-9-5-4-6-10-16)19(17(14-22)15-23)25-11-7-8-12-25/h4-6,9-10,18H,7-8,11-13H2,1-3H3,(H,24,26)/t18-/m0/s1. The zero-order chi connectivity index (χ0) is 19.9. The van der Waals surface area contributed by atoms with Crippen LogP contribution in [-0.4, -0.2) is 35.7 Å². The van der Waals surface area contributed by atoms with Crippen LogP contribution in [0.25, 0.3) is 0 Å². The highest BCUT2D eigenvalue weighted by Gasteiger charge is 2.29. The van der Waals surface area contributed by atoms with E-state index in [0.717, 1.165) is 31.5 Å². The second-order valence-electron chi connectivity index (χ2n) is 7.57. The molecule has 0 bridgehead atoms. The monoisotopic (exact) mass is 366 g/mol. The van der Waals surface area contributed by atoms with Crippen molar-refractivity contribution in [1.29, 1.82) is 10.5 Å². The van der Waals surface area contributed by atoms with E-state index in [1.807, 2.05) is 47.4 Å². The van der Waals surface area contributed by atoms with Gasteiger partial charge < -0.3 is 15.0 Å².